The van der Waals surface area contributed by atoms with Gasteiger partial charge < -0.3 is 10.2 Å². The molecule has 0 saturated heterocycles. The first-order chi connectivity index (χ1) is 7.46. The fourth-order valence-electron chi connectivity index (χ4n) is 0.978. The monoisotopic (exact) mass is 348 g/mol. The Morgan fingerprint density at radius 3 is 1.41 bits per heavy atom. The highest BCUT2D eigenvalue weighted by atomic mass is 79.9. The summed E-state index contributed by atoms with van der Waals surface area (Å²) in [6.45, 7) is 0. The molecule has 1 aromatic rings. The molecule has 0 fully saturated rings. The Kier molecular flexibility index (Phi) is 3.42. The molecule has 1 rings (SSSR count). The largest absolute Gasteiger partial charge is 0.505 e. The molecule has 17 heavy (non-hydrogen) atoms. The van der Waals surface area contributed by atoms with Crippen molar-refractivity contribution in [2.24, 2.45) is 0 Å². The summed E-state index contributed by atoms with van der Waals surface area (Å²) in [4.78, 5) is -2.34. The van der Waals surface area contributed by atoms with Gasteiger partial charge in [-0.15, -0.1) is 0 Å². The number of hydrogen-bond donors (Lipinski definition) is 4. The van der Waals surface area contributed by atoms with E-state index in [1.54, 1.807) is 0 Å². The van der Waals surface area contributed by atoms with E-state index in [2.05, 4.69) is 15.9 Å². The second kappa shape index (κ2) is 4.10. The standard InChI is InChI=1S/C6H5BrO8S2/c7-4-5(8)2(16(10,11)12)1-3(6(4)9)17(13,14)15/h1,8-9H,(H,10,11,12)(H,13,14,15). The maximum absolute atomic E-state index is 10.8. The zero-order chi connectivity index (χ0) is 13.6. The third kappa shape index (κ3) is 2.69. The van der Waals surface area contributed by atoms with Gasteiger partial charge in [0.1, 0.15) is 14.3 Å². The summed E-state index contributed by atoms with van der Waals surface area (Å²) in [5.74, 6) is -2.17. The maximum atomic E-state index is 10.8. The molecule has 0 unspecified atom stereocenters. The number of aromatic hydroxyl groups is 2. The highest BCUT2D eigenvalue weighted by molar-refractivity contribution is 9.10. The Bertz CT molecular complexity index is 618. The van der Waals surface area contributed by atoms with Gasteiger partial charge in [0.05, 0.1) is 0 Å². The summed E-state index contributed by atoms with van der Waals surface area (Å²) in [6.07, 6.45) is 0. The van der Waals surface area contributed by atoms with Crippen LogP contribution in [-0.2, 0) is 20.2 Å². The normalized spacial score (nSPS) is 12.6. The number of phenols is 2. The van der Waals surface area contributed by atoms with Gasteiger partial charge in [0.15, 0.2) is 11.5 Å². The highest BCUT2D eigenvalue weighted by Gasteiger charge is 2.27. The van der Waals surface area contributed by atoms with Gasteiger partial charge in [-0.25, -0.2) is 0 Å². The molecule has 0 aliphatic carbocycles. The summed E-state index contributed by atoms with van der Waals surface area (Å²) < 4.78 is 60.0. The molecule has 0 aromatic heterocycles. The molecule has 0 aliphatic heterocycles. The van der Waals surface area contributed by atoms with E-state index >= 15 is 0 Å². The molecular weight excluding hydrogens is 344 g/mol. The molecule has 0 atom stereocenters. The third-order valence-corrected chi connectivity index (χ3v) is 4.19. The Morgan fingerprint density at radius 2 is 1.18 bits per heavy atom. The van der Waals surface area contributed by atoms with Crippen LogP contribution in [0.5, 0.6) is 11.5 Å². The van der Waals surface area contributed by atoms with Crippen LogP contribution in [0, 0.1) is 0 Å². The van der Waals surface area contributed by atoms with E-state index in [9.17, 15) is 27.0 Å². The molecule has 0 heterocycles. The van der Waals surface area contributed by atoms with E-state index in [4.69, 9.17) is 9.11 Å². The summed E-state index contributed by atoms with van der Waals surface area (Å²) in [6, 6.07) is 0.222. The van der Waals surface area contributed by atoms with E-state index in [1.165, 1.54) is 0 Å². The van der Waals surface area contributed by atoms with Crippen LogP contribution in [0.3, 0.4) is 0 Å². The van der Waals surface area contributed by atoms with Crippen LogP contribution in [0.4, 0.5) is 0 Å². The third-order valence-electron chi connectivity index (χ3n) is 1.70. The molecule has 0 spiro atoms. The Balaban J connectivity index is 3.88. The molecule has 0 radical (unpaired) electrons. The van der Waals surface area contributed by atoms with Crippen LogP contribution in [-0.4, -0.2) is 36.2 Å². The van der Waals surface area contributed by atoms with Crippen molar-refractivity contribution in [1.82, 2.24) is 0 Å². The molecule has 96 valence electrons. The minimum absolute atomic E-state index is 0.222. The van der Waals surface area contributed by atoms with Crippen LogP contribution < -0.4 is 0 Å². The van der Waals surface area contributed by atoms with Gasteiger partial charge in [-0.05, 0) is 22.0 Å². The fraction of sp³-hybridized carbons (Fsp3) is 0. The van der Waals surface area contributed by atoms with Crippen LogP contribution in [0.25, 0.3) is 0 Å². The SMILES string of the molecule is O=S(=O)(O)c1cc(S(=O)(=O)O)c(O)c(Br)c1O. The van der Waals surface area contributed by atoms with E-state index in [-0.39, 0.29) is 6.07 Å². The number of halogens is 1. The van der Waals surface area contributed by atoms with Crippen molar-refractivity contribution in [2.45, 2.75) is 9.79 Å². The minimum atomic E-state index is -4.92. The van der Waals surface area contributed by atoms with Crippen LogP contribution in [0.1, 0.15) is 0 Å². The van der Waals surface area contributed by atoms with Gasteiger partial charge in [0, 0.05) is 0 Å². The average Bonchev–Trinajstić information content (AvgIpc) is 2.10. The van der Waals surface area contributed by atoms with E-state index in [1.807, 2.05) is 0 Å². The van der Waals surface area contributed by atoms with Gasteiger partial charge in [-0.2, -0.15) is 16.8 Å². The predicted molar refractivity (Wildman–Crippen MR) is 57.1 cm³/mol. The van der Waals surface area contributed by atoms with Crippen LogP contribution in [0.2, 0.25) is 0 Å². The molecule has 11 heteroatoms. The second-order valence-corrected chi connectivity index (χ2v) is 6.41. The topological polar surface area (TPSA) is 149 Å². The van der Waals surface area contributed by atoms with Crippen molar-refractivity contribution < 1.29 is 36.2 Å². The minimum Gasteiger partial charge on any atom is -0.505 e. The quantitative estimate of drug-likeness (QED) is 0.559. The predicted octanol–water partition coefficient (Wildman–Crippen LogP) is 0.354. The van der Waals surface area contributed by atoms with Crippen LogP contribution >= 0.6 is 15.9 Å². The van der Waals surface area contributed by atoms with Gasteiger partial charge in [-0.1, -0.05) is 0 Å². The number of hydrogen-bond acceptors (Lipinski definition) is 6. The Labute approximate surface area is 104 Å². The molecule has 8 nitrogen and oxygen atoms in total. The van der Waals surface area contributed by atoms with Gasteiger partial charge in [-0.3, -0.25) is 9.11 Å². The average molecular weight is 349 g/mol. The van der Waals surface area contributed by atoms with Crippen molar-refractivity contribution in [3.05, 3.63) is 10.5 Å². The van der Waals surface area contributed by atoms with Gasteiger partial charge in [0.2, 0.25) is 0 Å². The van der Waals surface area contributed by atoms with Crippen LogP contribution in [0.15, 0.2) is 20.3 Å². The molecule has 0 bridgehead atoms. The summed E-state index contributed by atoms with van der Waals surface area (Å²) in [5, 5.41) is 18.6. The Morgan fingerprint density at radius 1 is 0.882 bits per heavy atom. The summed E-state index contributed by atoms with van der Waals surface area (Å²) in [5.41, 5.74) is 0. The van der Waals surface area contributed by atoms with E-state index in [0.29, 0.717) is 0 Å². The molecule has 1 aromatic carbocycles. The lowest BCUT2D eigenvalue weighted by Crippen LogP contribution is -2.04. The van der Waals surface area contributed by atoms with Crippen molar-refractivity contribution in [2.75, 3.05) is 0 Å². The first-order valence-electron chi connectivity index (χ1n) is 3.65. The van der Waals surface area contributed by atoms with E-state index in [0.717, 1.165) is 0 Å². The van der Waals surface area contributed by atoms with Crippen molar-refractivity contribution in [3.8, 4) is 11.5 Å². The first-order valence-corrected chi connectivity index (χ1v) is 7.33. The zero-order valence-electron chi connectivity index (χ0n) is 7.69. The number of benzene rings is 1. The summed E-state index contributed by atoms with van der Waals surface area (Å²) in [7, 11) is -9.84. The van der Waals surface area contributed by atoms with Gasteiger partial charge in [0.25, 0.3) is 20.2 Å². The smallest absolute Gasteiger partial charge is 0.298 e. The lowest BCUT2D eigenvalue weighted by atomic mass is 10.3. The summed E-state index contributed by atoms with van der Waals surface area (Å²) >= 11 is 2.51. The zero-order valence-corrected chi connectivity index (χ0v) is 10.9. The van der Waals surface area contributed by atoms with Gasteiger partial charge >= 0.3 is 0 Å². The highest BCUT2D eigenvalue weighted by Crippen LogP contribution is 2.42. The molecular formula is C6H5BrO8S2. The number of phenolic OH excluding ortho intramolecular Hbond substituents is 2. The number of rotatable bonds is 2. The molecule has 0 saturated carbocycles. The Hall–Kier alpha value is -0.880. The maximum Gasteiger partial charge on any atom is 0.298 e. The molecule has 0 aliphatic rings. The van der Waals surface area contributed by atoms with Crippen molar-refractivity contribution >= 4 is 36.2 Å². The first kappa shape index (κ1) is 14.2. The van der Waals surface area contributed by atoms with Crippen molar-refractivity contribution in [3.63, 3.8) is 0 Å². The second-order valence-electron chi connectivity index (χ2n) is 2.83. The fourth-order valence-corrected chi connectivity index (χ4v) is 2.97. The van der Waals surface area contributed by atoms with E-state index < -0.39 is 46.0 Å². The lowest BCUT2D eigenvalue weighted by Gasteiger charge is -2.08. The molecule has 4 N–H and O–H groups in total. The lowest BCUT2D eigenvalue weighted by molar-refractivity contribution is 0.413. The molecule has 0 amide bonds. The van der Waals surface area contributed by atoms with Crippen molar-refractivity contribution in [1.29, 1.82) is 0 Å².